The molecule has 26 heteroatoms. The number of unbranched alkanes of at least 4 members (excludes halogenated alkanes) is 5. The Morgan fingerprint density at radius 3 is 0.824 bits per heavy atom. The van der Waals surface area contributed by atoms with Gasteiger partial charge in [-0.1, -0.05) is 74.2 Å². The standard InChI is InChI=1S/C76H76N2O24/c1-75(45-97-67(83)53-25-13-49(14-26-53)21-33-63(79)91-3,46-98-68(84)54-27-15-50(16-28-54)22-34-64(80)92-4)73(89)101-61-41-58(72(88)96-38-12-10-8-7-9-11-37-95-71(87)57-39-59(77)43-60(78)40-57)42-62(44-61)102-74(90)76(2,47-99-69(85)55-29-17-51(18-30-55)23-35-65(81)93-5)48-100-70(86)56-31-19-52(20-32-56)24-36-66(82)94-6/h13-36,39-44H,7-12,37-38,45-48,77-78H2,1-6H3/b33-21+,34-22+,35-23+,36-24+. The van der Waals surface area contributed by atoms with Crippen molar-refractivity contribution in [1.29, 1.82) is 0 Å². The van der Waals surface area contributed by atoms with Gasteiger partial charge in [0, 0.05) is 41.7 Å². The highest BCUT2D eigenvalue weighted by molar-refractivity contribution is 5.96. The van der Waals surface area contributed by atoms with E-state index in [1.165, 1.54) is 206 Å². The van der Waals surface area contributed by atoms with Crippen LogP contribution in [0.5, 0.6) is 11.5 Å². The van der Waals surface area contributed by atoms with Gasteiger partial charge in [0.15, 0.2) is 0 Å². The number of anilines is 2. The Balaban J connectivity index is 1.28. The van der Waals surface area contributed by atoms with Gasteiger partial charge in [-0.15, -0.1) is 0 Å². The molecule has 0 bridgehead atoms. The van der Waals surface area contributed by atoms with Gasteiger partial charge in [0.25, 0.3) is 0 Å². The number of carbonyl (C=O) groups is 12. The summed E-state index contributed by atoms with van der Waals surface area (Å²) in [6.07, 6.45) is 14.2. The summed E-state index contributed by atoms with van der Waals surface area (Å²) in [5.74, 6) is -11.2. The zero-order valence-electron chi connectivity index (χ0n) is 56.8. The lowest BCUT2D eigenvalue weighted by Gasteiger charge is -2.27. The van der Waals surface area contributed by atoms with Crippen LogP contribution in [0, 0.1) is 10.8 Å². The summed E-state index contributed by atoms with van der Waals surface area (Å²) in [6.45, 7) is -0.660. The van der Waals surface area contributed by atoms with Crippen LogP contribution in [0.25, 0.3) is 24.3 Å². The quantitative estimate of drug-likeness (QED) is 0.00932. The van der Waals surface area contributed by atoms with Crippen molar-refractivity contribution in [2.75, 3.05) is 79.5 Å². The van der Waals surface area contributed by atoms with Gasteiger partial charge in [-0.25, -0.2) is 47.9 Å². The molecular weight excluding hydrogens is 1320 g/mol. The molecule has 0 aliphatic carbocycles. The molecule has 0 unspecified atom stereocenters. The molecule has 4 N–H and O–H groups in total. The number of rotatable bonds is 35. The number of hydrogen-bond donors (Lipinski definition) is 2. The Hall–Kier alpha value is -12.5. The van der Waals surface area contributed by atoms with E-state index in [4.69, 9.17) is 49.4 Å². The first kappa shape index (κ1) is 78.5. The average Bonchev–Trinajstić information content (AvgIpc) is 0.836. The fraction of sp³-hybridized carbons (Fsp3) is 0.263. The van der Waals surface area contributed by atoms with Crippen LogP contribution in [0.3, 0.4) is 0 Å². The van der Waals surface area contributed by atoms with Crippen LogP contribution in [0.4, 0.5) is 11.4 Å². The monoisotopic (exact) mass is 1400 g/mol. The summed E-state index contributed by atoms with van der Waals surface area (Å²) < 4.78 is 64.1. The maximum absolute atomic E-state index is 14.8. The second-order valence-corrected chi connectivity index (χ2v) is 23.1. The van der Waals surface area contributed by atoms with Crippen molar-refractivity contribution in [1.82, 2.24) is 0 Å². The fourth-order valence-electron chi connectivity index (χ4n) is 8.87. The van der Waals surface area contributed by atoms with Crippen LogP contribution in [0.1, 0.15) is 137 Å². The molecule has 6 aromatic carbocycles. The van der Waals surface area contributed by atoms with E-state index in [1.807, 2.05) is 0 Å². The highest BCUT2D eigenvalue weighted by atomic mass is 16.6. The fourth-order valence-corrected chi connectivity index (χ4v) is 8.87. The largest absolute Gasteiger partial charge is 0.466 e. The minimum Gasteiger partial charge on any atom is -0.466 e. The van der Waals surface area contributed by atoms with Crippen molar-refractivity contribution >= 4 is 107 Å². The maximum atomic E-state index is 14.8. The predicted molar refractivity (Wildman–Crippen MR) is 369 cm³/mol. The minimum absolute atomic E-state index is 0.00643. The number of nitrogens with two attached hydrogens (primary N) is 2. The molecule has 6 rings (SSSR count). The first-order valence-electron chi connectivity index (χ1n) is 31.6. The van der Waals surface area contributed by atoms with Crippen LogP contribution >= 0.6 is 0 Å². The van der Waals surface area contributed by atoms with Gasteiger partial charge in [0.2, 0.25) is 0 Å². The van der Waals surface area contributed by atoms with Gasteiger partial charge in [0.1, 0.15) is 48.8 Å². The molecule has 0 atom stereocenters. The first-order chi connectivity index (χ1) is 48.8. The zero-order valence-corrected chi connectivity index (χ0v) is 56.8. The normalized spacial score (nSPS) is 11.3. The van der Waals surface area contributed by atoms with Crippen molar-refractivity contribution in [3.8, 4) is 11.5 Å². The van der Waals surface area contributed by atoms with Crippen LogP contribution in [-0.2, 0) is 76.1 Å². The third-order valence-electron chi connectivity index (χ3n) is 14.9. The van der Waals surface area contributed by atoms with E-state index in [2.05, 4.69) is 18.9 Å². The number of hydrogen-bond acceptors (Lipinski definition) is 26. The number of ether oxygens (including phenoxy) is 12. The van der Waals surface area contributed by atoms with Gasteiger partial charge in [-0.05, 0) is 152 Å². The lowest BCUT2D eigenvalue weighted by Crippen LogP contribution is -2.42. The summed E-state index contributed by atoms with van der Waals surface area (Å²) in [5, 5.41) is 0. The van der Waals surface area contributed by atoms with Crippen molar-refractivity contribution < 1.29 is 114 Å². The number of carbonyl (C=O) groups excluding carboxylic acids is 12. The molecule has 0 aliphatic heterocycles. The second kappa shape index (κ2) is 39.2. The number of nitrogen functional groups attached to an aromatic ring is 2. The van der Waals surface area contributed by atoms with E-state index < -0.39 is 120 Å². The van der Waals surface area contributed by atoms with Crippen LogP contribution < -0.4 is 20.9 Å². The van der Waals surface area contributed by atoms with Crippen LogP contribution in [-0.4, -0.2) is 140 Å². The van der Waals surface area contributed by atoms with E-state index >= 15 is 0 Å². The third-order valence-corrected chi connectivity index (χ3v) is 14.9. The van der Waals surface area contributed by atoms with E-state index in [0.29, 0.717) is 65.7 Å². The molecular formula is C76H76N2O24. The molecule has 0 saturated carbocycles. The van der Waals surface area contributed by atoms with Crippen molar-refractivity contribution in [3.05, 3.63) is 213 Å². The highest BCUT2D eigenvalue weighted by Gasteiger charge is 2.42. The van der Waals surface area contributed by atoms with Crippen LogP contribution in [0.15, 0.2) is 158 Å². The molecule has 0 aromatic heterocycles. The zero-order chi connectivity index (χ0) is 74.2. The molecule has 0 heterocycles. The van der Waals surface area contributed by atoms with Gasteiger partial charge in [-0.2, -0.15) is 0 Å². The smallest absolute Gasteiger partial charge is 0.338 e. The van der Waals surface area contributed by atoms with Crippen molar-refractivity contribution in [2.24, 2.45) is 10.8 Å². The predicted octanol–water partition coefficient (Wildman–Crippen LogP) is 10.2. The Bertz CT molecular complexity index is 3710. The SMILES string of the molecule is COC(=O)/C=C/c1ccc(C(=O)OCC(C)(COC(=O)c2ccc(/C=C/C(=O)OC)cc2)C(=O)Oc2cc(OC(=O)C(C)(COC(=O)c3ccc(/C=C/C(=O)OC)cc3)COC(=O)c3ccc(/C=C/C(=O)OC)cc3)cc(C(=O)OCCCCCCCCOC(=O)c3cc(N)cc(N)c3)c2)cc1. The summed E-state index contributed by atoms with van der Waals surface area (Å²) in [6, 6.07) is 30.8. The third kappa shape index (κ3) is 25.4. The van der Waals surface area contributed by atoms with Gasteiger partial charge >= 0.3 is 71.6 Å². The van der Waals surface area contributed by atoms with E-state index in [9.17, 15) is 57.5 Å². The van der Waals surface area contributed by atoms with E-state index in [-0.39, 0.29) is 46.6 Å². The van der Waals surface area contributed by atoms with Gasteiger partial charge < -0.3 is 68.3 Å². The average molecular weight is 1400 g/mol. The Morgan fingerprint density at radius 2 is 0.559 bits per heavy atom. The van der Waals surface area contributed by atoms with Crippen molar-refractivity contribution in [2.45, 2.75) is 52.4 Å². The topological polar surface area (TPSA) is 368 Å². The van der Waals surface area contributed by atoms with E-state index in [1.54, 1.807) is 0 Å². The minimum atomic E-state index is -2.08. The highest BCUT2D eigenvalue weighted by Crippen LogP contribution is 2.32. The Kier molecular flexibility index (Phi) is 30.2. The summed E-state index contributed by atoms with van der Waals surface area (Å²) in [7, 11) is 4.83. The molecule has 0 amide bonds. The summed E-state index contributed by atoms with van der Waals surface area (Å²) in [5.41, 5.74) is 10.1. The molecule has 0 aliphatic rings. The second-order valence-electron chi connectivity index (χ2n) is 23.1. The van der Waals surface area contributed by atoms with Crippen molar-refractivity contribution in [3.63, 3.8) is 0 Å². The Morgan fingerprint density at radius 1 is 0.314 bits per heavy atom. The van der Waals surface area contributed by atoms with Gasteiger partial charge in [0.05, 0.1) is 75.0 Å². The summed E-state index contributed by atoms with van der Waals surface area (Å²) in [4.78, 5) is 158. The van der Waals surface area contributed by atoms with Crippen LogP contribution in [0.2, 0.25) is 0 Å². The molecule has 0 saturated heterocycles. The molecule has 102 heavy (non-hydrogen) atoms. The molecule has 26 nitrogen and oxygen atoms in total. The Labute approximate surface area is 587 Å². The summed E-state index contributed by atoms with van der Waals surface area (Å²) >= 11 is 0. The van der Waals surface area contributed by atoms with E-state index in [0.717, 1.165) is 24.6 Å². The molecule has 6 aromatic rings. The first-order valence-corrected chi connectivity index (χ1v) is 31.6. The number of benzene rings is 6. The lowest BCUT2D eigenvalue weighted by atomic mass is 9.93. The molecule has 0 fully saturated rings. The number of esters is 12. The maximum Gasteiger partial charge on any atom is 0.338 e. The molecule has 0 spiro atoms. The lowest BCUT2D eigenvalue weighted by molar-refractivity contribution is -0.150. The molecule has 534 valence electrons. The number of methoxy groups -OCH3 is 4. The molecule has 0 radical (unpaired) electrons. The van der Waals surface area contributed by atoms with Gasteiger partial charge in [-0.3, -0.25) is 9.59 Å².